The highest BCUT2D eigenvalue weighted by molar-refractivity contribution is 5.79. The molecule has 0 aromatic heterocycles. The molecular weight excluding hydrogens is 380 g/mol. The van der Waals surface area contributed by atoms with Gasteiger partial charge in [0.25, 0.3) is 5.69 Å². The molecule has 0 aliphatic carbocycles. The number of hydrogen-bond acceptors (Lipinski definition) is 7. The number of likely N-dealkylation sites (tertiary alicyclic amines) is 1. The quantitative estimate of drug-likeness (QED) is 0.220. The summed E-state index contributed by atoms with van der Waals surface area (Å²) in [6, 6.07) is 14.8. The molecule has 1 heterocycles. The van der Waals surface area contributed by atoms with Gasteiger partial charge in [-0.3, -0.25) is 14.9 Å². The fourth-order valence-corrected chi connectivity index (χ4v) is 2.86. The van der Waals surface area contributed by atoms with E-state index in [0.29, 0.717) is 19.8 Å². The number of non-ortho nitro benzene ring substituents is 1. The van der Waals surface area contributed by atoms with Gasteiger partial charge < -0.3 is 19.1 Å². The van der Waals surface area contributed by atoms with Crippen LogP contribution in [0, 0.1) is 10.1 Å². The Morgan fingerprint density at radius 3 is 2.55 bits per heavy atom. The van der Waals surface area contributed by atoms with Gasteiger partial charge in [-0.1, -0.05) is 30.3 Å². The Labute approximate surface area is 166 Å². The van der Waals surface area contributed by atoms with E-state index in [-0.39, 0.29) is 30.3 Å². The molecule has 0 saturated carbocycles. The molecule has 9 heteroatoms. The van der Waals surface area contributed by atoms with Crippen LogP contribution in [0.1, 0.15) is 12.0 Å². The number of rotatable bonds is 8. The van der Waals surface area contributed by atoms with Crippen LogP contribution in [0.2, 0.25) is 0 Å². The molecule has 0 N–H and O–H groups in total. The Balaban J connectivity index is 1.39. The molecule has 0 unspecified atom stereocenters. The smallest absolute Gasteiger partial charge is 0.428 e. The number of nitro groups is 1. The van der Waals surface area contributed by atoms with E-state index in [0.717, 1.165) is 5.56 Å². The van der Waals surface area contributed by atoms with Crippen molar-refractivity contribution < 1.29 is 28.7 Å². The number of carbonyl (C=O) groups excluding carboxylic acids is 2. The first-order valence-corrected chi connectivity index (χ1v) is 9.03. The van der Waals surface area contributed by atoms with Crippen molar-refractivity contribution in [1.82, 2.24) is 4.90 Å². The predicted octanol–water partition coefficient (Wildman–Crippen LogP) is 2.93. The highest BCUT2D eigenvalue weighted by atomic mass is 16.7. The molecule has 0 spiro atoms. The van der Waals surface area contributed by atoms with Gasteiger partial charge in [0.1, 0.15) is 11.9 Å². The predicted molar refractivity (Wildman–Crippen MR) is 101 cm³/mol. The van der Waals surface area contributed by atoms with Crippen LogP contribution in [0.5, 0.6) is 5.75 Å². The topological polar surface area (TPSA) is 108 Å². The van der Waals surface area contributed by atoms with Crippen LogP contribution in [-0.2, 0) is 20.9 Å². The van der Waals surface area contributed by atoms with Gasteiger partial charge in [0.2, 0.25) is 5.91 Å². The summed E-state index contributed by atoms with van der Waals surface area (Å²) in [7, 11) is 0. The Hall–Kier alpha value is -3.46. The Kier molecular flexibility index (Phi) is 6.75. The van der Waals surface area contributed by atoms with Crippen molar-refractivity contribution >= 4 is 17.7 Å². The van der Waals surface area contributed by atoms with E-state index in [4.69, 9.17) is 14.2 Å². The second-order valence-electron chi connectivity index (χ2n) is 6.42. The van der Waals surface area contributed by atoms with Crippen LogP contribution in [0.3, 0.4) is 0 Å². The van der Waals surface area contributed by atoms with Crippen LogP contribution in [0.4, 0.5) is 10.5 Å². The first-order chi connectivity index (χ1) is 14.0. The Bertz CT molecular complexity index is 855. The van der Waals surface area contributed by atoms with E-state index in [1.165, 1.54) is 24.3 Å². The van der Waals surface area contributed by atoms with E-state index in [1.54, 1.807) is 4.90 Å². The third-order valence-corrected chi connectivity index (χ3v) is 4.31. The third-order valence-electron chi connectivity index (χ3n) is 4.31. The highest BCUT2D eigenvalue weighted by Crippen LogP contribution is 2.19. The molecule has 2 aromatic carbocycles. The third kappa shape index (κ3) is 6.01. The summed E-state index contributed by atoms with van der Waals surface area (Å²) in [6.45, 7) is 1.51. The molecule has 1 fully saturated rings. The van der Waals surface area contributed by atoms with Gasteiger partial charge >= 0.3 is 6.16 Å². The fraction of sp³-hybridized carbons (Fsp3) is 0.300. The summed E-state index contributed by atoms with van der Waals surface area (Å²) in [5.41, 5.74) is 0.938. The summed E-state index contributed by atoms with van der Waals surface area (Å²) >= 11 is 0. The van der Waals surface area contributed by atoms with Crippen molar-refractivity contribution in [2.24, 2.45) is 0 Å². The van der Waals surface area contributed by atoms with Crippen molar-refractivity contribution in [2.75, 3.05) is 19.7 Å². The molecule has 9 nitrogen and oxygen atoms in total. The molecule has 0 bridgehead atoms. The molecule has 1 aliphatic heterocycles. The normalized spacial score (nSPS) is 15.9. The van der Waals surface area contributed by atoms with Gasteiger partial charge in [0.15, 0.2) is 0 Å². The molecule has 1 aliphatic rings. The lowest BCUT2D eigenvalue weighted by molar-refractivity contribution is -0.384. The monoisotopic (exact) mass is 400 g/mol. The van der Waals surface area contributed by atoms with Crippen molar-refractivity contribution in [3.8, 4) is 5.75 Å². The van der Waals surface area contributed by atoms with Crippen LogP contribution in [0.25, 0.3) is 0 Å². The van der Waals surface area contributed by atoms with E-state index in [1.807, 2.05) is 30.3 Å². The van der Waals surface area contributed by atoms with Crippen LogP contribution < -0.4 is 4.74 Å². The van der Waals surface area contributed by atoms with Gasteiger partial charge in [-0.25, -0.2) is 4.79 Å². The molecule has 29 heavy (non-hydrogen) atoms. The summed E-state index contributed by atoms with van der Waals surface area (Å²) in [5, 5.41) is 10.6. The van der Waals surface area contributed by atoms with Crippen molar-refractivity contribution in [3.63, 3.8) is 0 Å². The maximum atomic E-state index is 12.1. The molecule has 0 radical (unpaired) electrons. The summed E-state index contributed by atoms with van der Waals surface area (Å²) in [4.78, 5) is 35.6. The Morgan fingerprint density at radius 1 is 1.14 bits per heavy atom. The summed E-state index contributed by atoms with van der Waals surface area (Å²) < 4.78 is 15.7. The number of ether oxygens (including phenoxy) is 3. The second-order valence-corrected chi connectivity index (χ2v) is 6.42. The molecule has 3 rings (SSSR count). The first kappa shape index (κ1) is 20.3. The lowest BCUT2D eigenvalue weighted by atomic mass is 10.2. The van der Waals surface area contributed by atoms with E-state index < -0.39 is 17.2 Å². The maximum Gasteiger partial charge on any atom is 0.514 e. The van der Waals surface area contributed by atoms with E-state index in [9.17, 15) is 19.7 Å². The summed E-state index contributed by atoms with van der Waals surface area (Å²) in [6.07, 6.45) is -1.49. The lowest BCUT2D eigenvalue weighted by Gasteiger charge is -2.16. The van der Waals surface area contributed by atoms with Crippen molar-refractivity contribution in [3.05, 3.63) is 70.3 Å². The minimum Gasteiger partial charge on any atom is -0.428 e. The SMILES string of the molecule is O=C(Oc1ccc([N+](=O)[O-])cc1)O[C@H]1CC(=O)N(CCOCc2ccccc2)C1. The minimum atomic E-state index is -0.959. The molecule has 1 atom stereocenters. The van der Waals surface area contributed by atoms with E-state index in [2.05, 4.69) is 0 Å². The molecule has 152 valence electrons. The number of hydrogen-bond donors (Lipinski definition) is 0. The largest absolute Gasteiger partial charge is 0.514 e. The van der Waals surface area contributed by atoms with Crippen molar-refractivity contribution in [1.29, 1.82) is 0 Å². The number of carbonyl (C=O) groups is 2. The van der Waals surface area contributed by atoms with Crippen LogP contribution in [-0.4, -0.2) is 47.7 Å². The van der Waals surface area contributed by atoms with Crippen LogP contribution in [0.15, 0.2) is 54.6 Å². The molecule has 2 aromatic rings. The first-order valence-electron chi connectivity index (χ1n) is 9.03. The van der Waals surface area contributed by atoms with Gasteiger partial charge in [-0.2, -0.15) is 0 Å². The zero-order chi connectivity index (χ0) is 20.6. The Morgan fingerprint density at radius 2 is 1.86 bits per heavy atom. The zero-order valence-electron chi connectivity index (χ0n) is 15.6. The highest BCUT2D eigenvalue weighted by Gasteiger charge is 2.32. The van der Waals surface area contributed by atoms with Gasteiger partial charge in [0, 0.05) is 18.7 Å². The van der Waals surface area contributed by atoms with Gasteiger partial charge in [-0.05, 0) is 17.7 Å². The fourth-order valence-electron chi connectivity index (χ4n) is 2.86. The average molecular weight is 400 g/mol. The van der Waals surface area contributed by atoms with Crippen molar-refractivity contribution in [2.45, 2.75) is 19.1 Å². The number of nitro benzene ring substituents is 1. The number of amides is 1. The van der Waals surface area contributed by atoms with Gasteiger partial charge in [-0.15, -0.1) is 0 Å². The zero-order valence-corrected chi connectivity index (χ0v) is 15.6. The lowest BCUT2D eigenvalue weighted by Crippen LogP contribution is -2.30. The van der Waals surface area contributed by atoms with E-state index >= 15 is 0 Å². The van der Waals surface area contributed by atoms with Gasteiger partial charge in [0.05, 0.1) is 31.1 Å². The maximum absolute atomic E-state index is 12.1. The molecule has 1 saturated heterocycles. The number of nitrogens with zero attached hydrogens (tertiary/aromatic N) is 2. The minimum absolute atomic E-state index is 0.0774. The standard InChI is InChI=1S/C20H20N2O7/c23-19-12-18(13-21(19)10-11-27-14-15-4-2-1-3-5-15)29-20(24)28-17-8-6-16(7-9-17)22(25)26/h1-9,18H,10-14H2/t18-/m0/s1. The average Bonchev–Trinajstić information content (AvgIpc) is 3.05. The summed E-state index contributed by atoms with van der Waals surface area (Å²) in [5.74, 6) is -0.00228. The molecule has 1 amide bonds. The molecular formula is C20H20N2O7. The second kappa shape index (κ2) is 9.65. The van der Waals surface area contributed by atoms with Crippen LogP contribution >= 0.6 is 0 Å². The number of benzene rings is 2.